The number of nitrogen functional groups attached to an aromatic ring is 1. The molecule has 1 heterocycles. The van der Waals surface area contributed by atoms with Crippen LogP contribution in [0.2, 0.25) is 0 Å². The van der Waals surface area contributed by atoms with E-state index in [0.29, 0.717) is 36.3 Å². The van der Waals surface area contributed by atoms with E-state index in [1.807, 2.05) is 0 Å². The van der Waals surface area contributed by atoms with Gasteiger partial charge in [0.1, 0.15) is 0 Å². The normalized spacial score (nSPS) is 25.2. The van der Waals surface area contributed by atoms with Gasteiger partial charge in [0.25, 0.3) is 0 Å². The number of rotatable bonds is 3. The molecule has 5 nitrogen and oxygen atoms in total. The van der Waals surface area contributed by atoms with Gasteiger partial charge in [0.2, 0.25) is 0 Å². The van der Waals surface area contributed by atoms with Crippen molar-refractivity contribution in [3.63, 3.8) is 0 Å². The summed E-state index contributed by atoms with van der Waals surface area (Å²) in [6.07, 6.45) is 1.08. The summed E-state index contributed by atoms with van der Waals surface area (Å²) < 4.78 is 28.8. The van der Waals surface area contributed by atoms with Crippen LogP contribution in [0.4, 0.5) is 11.4 Å². The fourth-order valence-electron chi connectivity index (χ4n) is 2.57. The SMILES string of the molecule is CC1CC(C)CN(S(=O)(=O)Nc2ccc(N)cc2)C1. The number of nitrogens with one attached hydrogen (secondary N) is 1. The number of hydrogen-bond acceptors (Lipinski definition) is 3. The van der Waals surface area contributed by atoms with Crippen LogP contribution in [0.15, 0.2) is 24.3 Å². The van der Waals surface area contributed by atoms with Gasteiger partial charge in [0.15, 0.2) is 0 Å². The molecule has 0 bridgehead atoms. The molecule has 3 N–H and O–H groups in total. The zero-order valence-corrected chi connectivity index (χ0v) is 12.2. The van der Waals surface area contributed by atoms with Gasteiger partial charge in [0.05, 0.1) is 0 Å². The largest absolute Gasteiger partial charge is 0.399 e. The highest BCUT2D eigenvalue weighted by atomic mass is 32.2. The first-order chi connectivity index (χ1) is 8.87. The summed E-state index contributed by atoms with van der Waals surface area (Å²) in [6.45, 7) is 5.33. The second kappa shape index (κ2) is 5.38. The smallest absolute Gasteiger partial charge is 0.301 e. The molecule has 106 valence electrons. The third-order valence-corrected chi connectivity index (χ3v) is 4.80. The summed E-state index contributed by atoms with van der Waals surface area (Å²) in [4.78, 5) is 0. The van der Waals surface area contributed by atoms with Gasteiger partial charge in [-0.2, -0.15) is 12.7 Å². The first-order valence-electron chi connectivity index (χ1n) is 6.50. The summed E-state index contributed by atoms with van der Waals surface area (Å²) in [5, 5.41) is 0. The van der Waals surface area contributed by atoms with Crippen molar-refractivity contribution in [1.29, 1.82) is 0 Å². The van der Waals surface area contributed by atoms with E-state index < -0.39 is 10.2 Å². The molecule has 1 fully saturated rings. The number of nitrogens with zero attached hydrogens (tertiary/aromatic N) is 1. The zero-order chi connectivity index (χ0) is 14.0. The van der Waals surface area contributed by atoms with Crippen LogP contribution >= 0.6 is 0 Å². The monoisotopic (exact) mass is 283 g/mol. The Labute approximate surface area is 115 Å². The van der Waals surface area contributed by atoms with Gasteiger partial charge in [-0.3, -0.25) is 4.72 Å². The maximum Gasteiger partial charge on any atom is 0.301 e. The molecule has 19 heavy (non-hydrogen) atoms. The van der Waals surface area contributed by atoms with Crippen molar-refractivity contribution in [1.82, 2.24) is 4.31 Å². The average Bonchev–Trinajstić information content (AvgIpc) is 2.31. The van der Waals surface area contributed by atoms with Gasteiger partial charge < -0.3 is 5.73 Å². The Morgan fingerprint density at radius 3 is 2.21 bits per heavy atom. The Bertz CT molecular complexity index is 517. The molecule has 0 saturated carbocycles. The first-order valence-corrected chi connectivity index (χ1v) is 7.94. The summed E-state index contributed by atoms with van der Waals surface area (Å²) in [5.41, 5.74) is 6.74. The third-order valence-electron chi connectivity index (χ3n) is 3.33. The average molecular weight is 283 g/mol. The van der Waals surface area contributed by atoms with Crippen LogP contribution in [0.5, 0.6) is 0 Å². The second-order valence-corrected chi connectivity index (χ2v) is 7.16. The van der Waals surface area contributed by atoms with Crippen LogP contribution in [-0.4, -0.2) is 25.8 Å². The second-order valence-electron chi connectivity index (χ2n) is 5.49. The van der Waals surface area contributed by atoms with E-state index >= 15 is 0 Å². The highest BCUT2D eigenvalue weighted by Crippen LogP contribution is 2.24. The van der Waals surface area contributed by atoms with Gasteiger partial charge in [-0.05, 0) is 42.5 Å². The van der Waals surface area contributed by atoms with Crippen LogP contribution in [0, 0.1) is 11.8 Å². The van der Waals surface area contributed by atoms with E-state index in [-0.39, 0.29) is 0 Å². The van der Waals surface area contributed by atoms with Crippen molar-refractivity contribution in [3.8, 4) is 0 Å². The molecule has 1 saturated heterocycles. The predicted octanol–water partition coefficient (Wildman–Crippen LogP) is 1.90. The molecular formula is C13H21N3O2S. The summed E-state index contributed by atoms with van der Waals surface area (Å²) in [7, 11) is -3.47. The maximum absolute atomic E-state index is 12.3. The van der Waals surface area contributed by atoms with Crippen molar-refractivity contribution >= 4 is 21.6 Å². The lowest BCUT2D eigenvalue weighted by atomic mass is 9.94. The van der Waals surface area contributed by atoms with Crippen LogP contribution in [0.3, 0.4) is 0 Å². The van der Waals surface area contributed by atoms with Crippen molar-refractivity contribution in [3.05, 3.63) is 24.3 Å². The van der Waals surface area contributed by atoms with E-state index in [1.165, 1.54) is 4.31 Å². The Kier molecular flexibility index (Phi) is 4.01. The standard InChI is InChI=1S/C13H21N3O2S/c1-10-7-11(2)9-16(8-10)19(17,18)15-13-5-3-12(14)4-6-13/h3-6,10-11,15H,7-9,14H2,1-2H3. The molecule has 1 aromatic carbocycles. The lowest BCUT2D eigenvalue weighted by molar-refractivity contribution is 0.223. The Morgan fingerprint density at radius 1 is 1.16 bits per heavy atom. The molecule has 2 unspecified atom stereocenters. The van der Waals surface area contributed by atoms with E-state index in [1.54, 1.807) is 24.3 Å². The van der Waals surface area contributed by atoms with Crippen molar-refractivity contribution in [2.45, 2.75) is 20.3 Å². The maximum atomic E-state index is 12.3. The molecular weight excluding hydrogens is 262 g/mol. The molecule has 0 radical (unpaired) electrons. The number of benzene rings is 1. The zero-order valence-electron chi connectivity index (χ0n) is 11.3. The van der Waals surface area contributed by atoms with Crippen molar-refractivity contribution in [2.75, 3.05) is 23.5 Å². The number of nitrogens with two attached hydrogens (primary N) is 1. The van der Waals surface area contributed by atoms with E-state index in [4.69, 9.17) is 5.73 Å². The van der Waals surface area contributed by atoms with Crippen molar-refractivity contribution < 1.29 is 8.42 Å². The van der Waals surface area contributed by atoms with Crippen LogP contribution < -0.4 is 10.5 Å². The van der Waals surface area contributed by atoms with Gasteiger partial charge in [-0.25, -0.2) is 0 Å². The lowest BCUT2D eigenvalue weighted by Crippen LogP contribution is -2.45. The van der Waals surface area contributed by atoms with Gasteiger partial charge in [-0.15, -0.1) is 0 Å². The Balaban J connectivity index is 2.11. The number of anilines is 2. The lowest BCUT2D eigenvalue weighted by Gasteiger charge is -2.34. The fourth-order valence-corrected chi connectivity index (χ4v) is 4.03. The number of piperidine rings is 1. The quantitative estimate of drug-likeness (QED) is 0.832. The topological polar surface area (TPSA) is 75.4 Å². The van der Waals surface area contributed by atoms with Crippen LogP contribution in [0.1, 0.15) is 20.3 Å². The van der Waals surface area contributed by atoms with Crippen LogP contribution in [0.25, 0.3) is 0 Å². The molecule has 1 aliphatic rings. The summed E-state index contributed by atoms with van der Waals surface area (Å²) in [6, 6.07) is 6.70. The molecule has 0 aromatic heterocycles. The van der Waals surface area contributed by atoms with Gasteiger partial charge >= 0.3 is 10.2 Å². The van der Waals surface area contributed by atoms with E-state index in [9.17, 15) is 8.42 Å². The molecule has 2 atom stereocenters. The first kappa shape index (κ1) is 14.1. The molecule has 0 aliphatic carbocycles. The third kappa shape index (κ3) is 3.61. The highest BCUT2D eigenvalue weighted by molar-refractivity contribution is 7.90. The number of hydrogen-bond donors (Lipinski definition) is 2. The molecule has 2 rings (SSSR count). The summed E-state index contributed by atoms with van der Waals surface area (Å²) >= 11 is 0. The molecule has 0 spiro atoms. The van der Waals surface area contributed by atoms with Gasteiger partial charge in [0, 0.05) is 24.5 Å². The Morgan fingerprint density at radius 2 is 1.68 bits per heavy atom. The molecule has 6 heteroatoms. The predicted molar refractivity (Wildman–Crippen MR) is 77.9 cm³/mol. The molecule has 0 amide bonds. The minimum atomic E-state index is -3.47. The fraction of sp³-hybridized carbons (Fsp3) is 0.538. The minimum absolute atomic E-state index is 0.395. The van der Waals surface area contributed by atoms with Gasteiger partial charge in [-0.1, -0.05) is 13.8 Å². The molecule has 1 aliphatic heterocycles. The molecule has 1 aromatic rings. The summed E-state index contributed by atoms with van der Waals surface area (Å²) in [5.74, 6) is 0.790. The van der Waals surface area contributed by atoms with E-state index in [0.717, 1.165) is 6.42 Å². The van der Waals surface area contributed by atoms with Crippen molar-refractivity contribution in [2.24, 2.45) is 11.8 Å². The Hall–Kier alpha value is -1.27. The van der Waals surface area contributed by atoms with Crippen LogP contribution in [-0.2, 0) is 10.2 Å². The van der Waals surface area contributed by atoms with E-state index in [2.05, 4.69) is 18.6 Å². The highest BCUT2D eigenvalue weighted by Gasteiger charge is 2.30. The minimum Gasteiger partial charge on any atom is -0.399 e.